The van der Waals surface area contributed by atoms with Gasteiger partial charge in [0.1, 0.15) is 13.2 Å². The van der Waals surface area contributed by atoms with Crippen LogP contribution in [0.25, 0.3) is 0 Å². The minimum atomic E-state index is -0.593. The molecule has 0 saturated carbocycles. The van der Waals surface area contributed by atoms with Gasteiger partial charge in [0, 0.05) is 5.69 Å². The summed E-state index contributed by atoms with van der Waals surface area (Å²) in [4.78, 5) is 38.9. The fraction of sp³-hybridized carbons (Fsp3) is 0.227. The number of rotatable bonds is 4. The van der Waals surface area contributed by atoms with Crippen molar-refractivity contribution in [2.45, 2.75) is 19.9 Å². The first kappa shape index (κ1) is 18.7. The molecular weight excluding hydrogens is 370 g/mol. The van der Waals surface area contributed by atoms with Crippen molar-refractivity contribution >= 4 is 23.6 Å². The standard InChI is InChI=1S/C22H21N3O4/c1-13-6-8-15(9-7-13)20-19-17(12-29-21(19)27)25(22(28)24-20)11-18(26)23-16-5-3-4-14(2)10-16/h3-10,20H,11-12H2,1-2H3,(H,23,26)(H,24,28). The van der Waals surface area contributed by atoms with Crippen LogP contribution in [0, 0.1) is 13.8 Å². The molecule has 2 aromatic carbocycles. The Morgan fingerprint density at radius 3 is 2.62 bits per heavy atom. The van der Waals surface area contributed by atoms with Gasteiger partial charge in [0.2, 0.25) is 5.91 Å². The first-order valence-corrected chi connectivity index (χ1v) is 9.33. The second kappa shape index (κ2) is 7.43. The van der Waals surface area contributed by atoms with E-state index in [0.29, 0.717) is 17.0 Å². The molecule has 2 aromatic rings. The number of nitrogens with zero attached hydrogens (tertiary/aromatic N) is 1. The zero-order valence-corrected chi connectivity index (χ0v) is 16.2. The van der Waals surface area contributed by atoms with E-state index in [1.807, 2.05) is 56.3 Å². The number of urea groups is 1. The van der Waals surface area contributed by atoms with Crippen molar-refractivity contribution in [3.63, 3.8) is 0 Å². The summed E-state index contributed by atoms with van der Waals surface area (Å²) in [6.45, 7) is 3.65. The lowest BCUT2D eigenvalue weighted by atomic mass is 9.95. The zero-order valence-electron chi connectivity index (χ0n) is 16.2. The van der Waals surface area contributed by atoms with E-state index in [1.54, 1.807) is 6.07 Å². The van der Waals surface area contributed by atoms with Crippen molar-refractivity contribution in [2.75, 3.05) is 18.5 Å². The van der Waals surface area contributed by atoms with Gasteiger partial charge in [0.05, 0.1) is 17.3 Å². The Morgan fingerprint density at radius 1 is 1.14 bits per heavy atom. The monoisotopic (exact) mass is 391 g/mol. The third-order valence-corrected chi connectivity index (χ3v) is 5.01. The minimum absolute atomic E-state index is 0.0261. The van der Waals surface area contributed by atoms with Crippen LogP contribution in [0.3, 0.4) is 0 Å². The van der Waals surface area contributed by atoms with Crippen LogP contribution in [-0.4, -0.2) is 36.0 Å². The quantitative estimate of drug-likeness (QED) is 0.785. The number of hydrogen-bond acceptors (Lipinski definition) is 4. The summed E-state index contributed by atoms with van der Waals surface area (Å²) in [5.41, 5.74) is 4.34. The number of carbonyl (C=O) groups is 3. The Balaban J connectivity index is 1.59. The number of cyclic esters (lactones) is 1. The van der Waals surface area contributed by atoms with E-state index >= 15 is 0 Å². The zero-order chi connectivity index (χ0) is 20.5. The normalized spacial score (nSPS) is 18.3. The molecule has 3 amide bonds. The van der Waals surface area contributed by atoms with Gasteiger partial charge in [-0.3, -0.25) is 9.69 Å². The molecule has 0 aliphatic carbocycles. The van der Waals surface area contributed by atoms with Gasteiger partial charge in [-0.2, -0.15) is 0 Å². The largest absolute Gasteiger partial charge is 0.456 e. The molecule has 1 unspecified atom stereocenters. The third kappa shape index (κ3) is 3.71. The molecule has 0 saturated heterocycles. The second-order valence-corrected chi connectivity index (χ2v) is 7.23. The maximum Gasteiger partial charge on any atom is 0.338 e. The Labute approximate surface area is 168 Å². The molecule has 0 spiro atoms. The summed E-state index contributed by atoms with van der Waals surface area (Å²) in [5.74, 6) is -0.833. The second-order valence-electron chi connectivity index (χ2n) is 7.23. The van der Waals surface area contributed by atoms with Gasteiger partial charge in [-0.25, -0.2) is 9.59 Å². The number of carbonyl (C=O) groups excluding carboxylic acids is 3. The van der Waals surface area contributed by atoms with Crippen LogP contribution in [0.15, 0.2) is 59.8 Å². The van der Waals surface area contributed by atoms with Crippen molar-refractivity contribution in [3.05, 3.63) is 76.5 Å². The summed E-state index contributed by atoms with van der Waals surface area (Å²) < 4.78 is 5.19. The van der Waals surface area contributed by atoms with E-state index in [2.05, 4.69) is 10.6 Å². The number of amides is 3. The average molecular weight is 391 g/mol. The van der Waals surface area contributed by atoms with E-state index in [9.17, 15) is 14.4 Å². The Hall–Kier alpha value is -3.61. The van der Waals surface area contributed by atoms with Gasteiger partial charge in [0.15, 0.2) is 0 Å². The molecule has 2 N–H and O–H groups in total. The van der Waals surface area contributed by atoms with Crippen LogP contribution in [-0.2, 0) is 14.3 Å². The molecule has 148 valence electrons. The minimum Gasteiger partial charge on any atom is -0.456 e. The number of nitrogens with one attached hydrogen (secondary N) is 2. The summed E-state index contributed by atoms with van der Waals surface area (Å²) in [7, 11) is 0. The molecule has 2 heterocycles. The van der Waals surface area contributed by atoms with Crippen molar-refractivity contribution in [3.8, 4) is 0 Å². The number of anilines is 1. The smallest absolute Gasteiger partial charge is 0.338 e. The summed E-state index contributed by atoms with van der Waals surface area (Å²) in [6.07, 6.45) is 0. The lowest BCUT2D eigenvalue weighted by Crippen LogP contribution is -2.49. The highest BCUT2D eigenvalue weighted by atomic mass is 16.5. The van der Waals surface area contributed by atoms with Gasteiger partial charge in [-0.05, 0) is 37.1 Å². The van der Waals surface area contributed by atoms with Crippen molar-refractivity contribution in [2.24, 2.45) is 0 Å². The molecule has 0 bridgehead atoms. The first-order chi connectivity index (χ1) is 13.9. The molecule has 1 atom stereocenters. The predicted molar refractivity (Wildman–Crippen MR) is 107 cm³/mol. The van der Waals surface area contributed by atoms with E-state index in [0.717, 1.165) is 16.7 Å². The molecule has 0 radical (unpaired) electrons. The van der Waals surface area contributed by atoms with Crippen LogP contribution in [0.5, 0.6) is 0 Å². The van der Waals surface area contributed by atoms with Crippen molar-refractivity contribution < 1.29 is 19.1 Å². The van der Waals surface area contributed by atoms with Crippen LogP contribution < -0.4 is 10.6 Å². The molecule has 29 heavy (non-hydrogen) atoms. The maximum atomic E-state index is 12.8. The van der Waals surface area contributed by atoms with Gasteiger partial charge in [0.25, 0.3) is 0 Å². The first-order valence-electron chi connectivity index (χ1n) is 9.33. The van der Waals surface area contributed by atoms with Crippen LogP contribution in [0.4, 0.5) is 10.5 Å². The number of hydrogen-bond donors (Lipinski definition) is 2. The molecular formula is C22H21N3O4. The highest BCUT2D eigenvalue weighted by molar-refractivity contribution is 6.00. The van der Waals surface area contributed by atoms with Gasteiger partial charge in [-0.1, -0.05) is 42.0 Å². The lowest BCUT2D eigenvalue weighted by Gasteiger charge is -2.32. The molecule has 0 aromatic heterocycles. The van der Waals surface area contributed by atoms with Crippen molar-refractivity contribution in [1.82, 2.24) is 10.2 Å². The van der Waals surface area contributed by atoms with Crippen LogP contribution >= 0.6 is 0 Å². The molecule has 0 fully saturated rings. The molecule has 2 aliphatic rings. The fourth-order valence-corrected chi connectivity index (χ4v) is 3.55. The predicted octanol–water partition coefficient (Wildman–Crippen LogP) is 2.82. The Kier molecular flexibility index (Phi) is 4.80. The SMILES string of the molecule is Cc1ccc(C2NC(=O)N(CC(=O)Nc3cccc(C)c3)C3=C2C(=O)OC3)cc1. The lowest BCUT2D eigenvalue weighted by molar-refractivity contribution is -0.136. The summed E-state index contributed by atoms with van der Waals surface area (Å²) in [6, 6.07) is 13.9. The Morgan fingerprint density at radius 2 is 1.90 bits per heavy atom. The van der Waals surface area contributed by atoms with E-state index in [1.165, 1.54) is 4.90 Å². The molecule has 7 heteroatoms. The number of esters is 1. The van der Waals surface area contributed by atoms with E-state index in [4.69, 9.17) is 4.74 Å². The topological polar surface area (TPSA) is 87.7 Å². The highest BCUT2D eigenvalue weighted by Crippen LogP contribution is 2.35. The Bertz CT molecular complexity index is 1030. The van der Waals surface area contributed by atoms with E-state index in [-0.39, 0.29) is 19.1 Å². The van der Waals surface area contributed by atoms with Crippen molar-refractivity contribution in [1.29, 1.82) is 0 Å². The molecule has 7 nitrogen and oxygen atoms in total. The van der Waals surface area contributed by atoms with Gasteiger partial charge in [-0.15, -0.1) is 0 Å². The number of ether oxygens (including phenoxy) is 1. The van der Waals surface area contributed by atoms with Gasteiger partial charge >= 0.3 is 12.0 Å². The van der Waals surface area contributed by atoms with Crippen LogP contribution in [0.1, 0.15) is 22.7 Å². The maximum absolute atomic E-state index is 12.8. The number of aryl methyl sites for hydroxylation is 2. The summed E-state index contributed by atoms with van der Waals surface area (Å²) in [5, 5.41) is 5.61. The number of benzene rings is 2. The highest BCUT2D eigenvalue weighted by Gasteiger charge is 2.42. The van der Waals surface area contributed by atoms with Crippen LogP contribution in [0.2, 0.25) is 0 Å². The van der Waals surface area contributed by atoms with Gasteiger partial charge < -0.3 is 15.4 Å². The molecule has 4 rings (SSSR count). The molecule has 2 aliphatic heterocycles. The van der Waals surface area contributed by atoms with E-state index < -0.39 is 18.0 Å². The average Bonchev–Trinajstić information content (AvgIpc) is 3.06. The fourth-order valence-electron chi connectivity index (χ4n) is 3.55. The third-order valence-electron chi connectivity index (χ3n) is 5.01. The summed E-state index contributed by atoms with van der Waals surface area (Å²) >= 11 is 0.